The molecule has 8 heteroatoms. The van der Waals surface area contributed by atoms with E-state index in [1.807, 2.05) is 50.1 Å². The molecule has 5 rings (SSSR count). The van der Waals surface area contributed by atoms with Gasteiger partial charge in [0.1, 0.15) is 11.5 Å². The summed E-state index contributed by atoms with van der Waals surface area (Å²) in [4.78, 5) is 38.8. The van der Waals surface area contributed by atoms with Crippen molar-refractivity contribution in [3.05, 3.63) is 57.3 Å². The van der Waals surface area contributed by atoms with Gasteiger partial charge in [-0.2, -0.15) is 5.10 Å². The lowest BCUT2D eigenvalue weighted by Crippen LogP contribution is -2.39. The highest BCUT2D eigenvalue weighted by Gasteiger charge is 2.27. The Balaban J connectivity index is 1.31. The van der Waals surface area contributed by atoms with Gasteiger partial charge in [-0.15, -0.1) is 0 Å². The summed E-state index contributed by atoms with van der Waals surface area (Å²) in [6.07, 6.45) is 2.71. The number of para-hydroxylation sites is 2. The molecule has 1 aliphatic rings. The Morgan fingerprint density at radius 2 is 2.03 bits per heavy atom. The van der Waals surface area contributed by atoms with Crippen molar-refractivity contribution in [3.63, 3.8) is 0 Å². The normalized spacial score (nSPS) is 16.8. The lowest BCUT2D eigenvalue weighted by atomic mass is 9.96. The van der Waals surface area contributed by atoms with Crippen molar-refractivity contribution in [3.8, 4) is 0 Å². The fraction of sp³-hybridized carbons (Fsp3) is 0.417. The summed E-state index contributed by atoms with van der Waals surface area (Å²) in [7, 11) is 1.82. The van der Waals surface area contributed by atoms with E-state index >= 15 is 0 Å². The van der Waals surface area contributed by atoms with Crippen LogP contribution in [0.1, 0.15) is 47.8 Å². The molecule has 1 atom stereocenters. The standard InChI is InChI=1S/C24H28N6O2/c1-14-17(24(32)27-23-21(14)15(2)28-29(23)3)10-11-20(31)30-12-6-7-16(13-30)22-25-18-8-4-5-9-19(18)26-22/h4-5,8-9,16H,6-7,10-13H2,1-3H3,(H,25,26)(H,27,32). The Morgan fingerprint density at radius 3 is 2.84 bits per heavy atom. The summed E-state index contributed by atoms with van der Waals surface area (Å²) in [5.41, 5.74) is 5.06. The number of hydrogen-bond acceptors (Lipinski definition) is 4. The molecule has 32 heavy (non-hydrogen) atoms. The van der Waals surface area contributed by atoms with Gasteiger partial charge in [0.25, 0.3) is 5.56 Å². The average molecular weight is 433 g/mol. The fourth-order valence-corrected chi connectivity index (χ4v) is 5.04. The van der Waals surface area contributed by atoms with Gasteiger partial charge in [0.15, 0.2) is 0 Å². The minimum atomic E-state index is -0.135. The van der Waals surface area contributed by atoms with E-state index in [0.29, 0.717) is 24.9 Å². The quantitative estimate of drug-likeness (QED) is 0.518. The number of rotatable bonds is 4. The summed E-state index contributed by atoms with van der Waals surface area (Å²) in [5.74, 6) is 1.25. The van der Waals surface area contributed by atoms with Crippen LogP contribution in [0.15, 0.2) is 29.1 Å². The predicted octanol–water partition coefficient (Wildman–Crippen LogP) is 3.09. The summed E-state index contributed by atoms with van der Waals surface area (Å²) in [6.45, 7) is 5.31. The Kier molecular flexibility index (Phi) is 5.07. The SMILES string of the molecule is Cc1nn(C)c2[nH]c(=O)c(CCC(=O)N3CCCC(c4nc5ccccc5[nH]4)C3)c(C)c12. The van der Waals surface area contributed by atoms with Gasteiger partial charge in [-0.05, 0) is 50.8 Å². The molecule has 1 unspecified atom stereocenters. The number of benzene rings is 1. The third kappa shape index (κ3) is 3.49. The van der Waals surface area contributed by atoms with Crippen molar-refractivity contribution in [2.45, 2.75) is 45.4 Å². The molecule has 1 amide bonds. The van der Waals surface area contributed by atoms with E-state index in [1.54, 1.807) is 4.68 Å². The van der Waals surface area contributed by atoms with E-state index < -0.39 is 0 Å². The number of nitrogens with zero attached hydrogens (tertiary/aromatic N) is 4. The number of piperidine rings is 1. The predicted molar refractivity (Wildman–Crippen MR) is 124 cm³/mol. The zero-order valence-electron chi connectivity index (χ0n) is 18.7. The number of hydrogen-bond donors (Lipinski definition) is 2. The third-order valence-electron chi connectivity index (χ3n) is 6.71. The maximum absolute atomic E-state index is 13.0. The number of pyridine rings is 1. The Morgan fingerprint density at radius 1 is 1.22 bits per heavy atom. The third-order valence-corrected chi connectivity index (χ3v) is 6.71. The molecule has 1 aromatic carbocycles. The molecule has 0 radical (unpaired) electrons. The highest BCUT2D eigenvalue weighted by Crippen LogP contribution is 2.27. The molecule has 1 aliphatic heterocycles. The van der Waals surface area contributed by atoms with Crippen molar-refractivity contribution in [1.29, 1.82) is 0 Å². The van der Waals surface area contributed by atoms with Gasteiger partial charge in [0.05, 0.1) is 16.7 Å². The maximum atomic E-state index is 13.0. The van der Waals surface area contributed by atoms with Crippen molar-refractivity contribution < 1.29 is 4.79 Å². The monoisotopic (exact) mass is 432 g/mol. The first-order chi connectivity index (χ1) is 15.4. The van der Waals surface area contributed by atoms with Gasteiger partial charge in [-0.25, -0.2) is 4.98 Å². The van der Waals surface area contributed by atoms with Crippen LogP contribution in [0.2, 0.25) is 0 Å². The highest BCUT2D eigenvalue weighted by atomic mass is 16.2. The van der Waals surface area contributed by atoms with E-state index in [9.17, 15) is 9.59 Å². The number of likely N-dealkylation sites (tertiary alicyclic amines) is 1. The summed E-state index contributed by atoms with van der Waals surface area (Å²) in [6, 6.07) is 8.01. The fourth-order valence-electron chi connectivity index (χ4n) is 5.04. The number of fused-ring (bicyclic) bond motifs is 2. The Bertz CT molecular complexity index is 1350. The van der Waals surface area contributed by atoms with Crippen LogP contribution in [0.5, 0.6) is 0 Å². The van der Waals surface area contributed by atoms with E-state index in [1.165, 1.54) is 0 Å². The lowest BCUT2D eigenvalue weighted by molar-refractivity contribution is -0.132. The number of nitrogens with one attached hydrogen (secondary N) is 2. The van der Waals surface area contributed by atoms with Gasteiger partial charge in [0.2, 0.25) is 5.91 Å². The zero-order chi connectivity index (χ0) is 22.4. The first kappa shape index (κ1) is 20.5. The molecule has 2 N–H and O–H groups in total. The van der Waals surface area contributed by atoms with Gasteiger partial charge >= 0.3 is 0 Å². The van der Waals surface area contributed by atoms with Crippen LogP contribution >= 0.6 is 0 Å². The molecule has 0 spiro atoms. The van der Waals surface area contributed by atoms with Gasteiger partial charge in [0, 0.05) is 43.4 Å². The first-order valence-corrected chi connectivity index (χ1v) is 11.2. The Labute approximate surface area is 185 Å². The lowest BCUT2D eigenvalue weighted by Gasteiger charge is -2.32. The van der Waals surface area contributed by atoms with Crippen molar-refractivity contribution >= 4 is 28.0 Å². The van der Waals surface area contributed by atoms with Crippen molar-refractivity contribution in [2.75, 3.05) is 13.1 Å². The molecule has 4 aromatic rings. The molecular formula is C24H28N6O2. The van der Waals surface area contributed by atoms with Crippen molar-refractivity contribution in [2.24, 2.45) is 7.05 Å². The van der Waals surface area contributed by atoms with Crippen LogP contribution in [0.4, 0.5) is 0 Å². The number of aromatic nitrogens is 5. The topological polar surface area (TPSA) is 99.7 Å². The highest BCUT2D eigenvalue weighted by molar-refractivity contribution is 5.83. The second-order valence-corrected chi connectivity index (χ2v) is 8.81. The molecular weight excluding hydrogens is 404 g/mol. The van der Waals surface area contributed by atoms with Crippen molar-refractivity contribution in [1.82, 2.24) is 29.6 Å². The molecule has 166 valence electrons. The molecule has 3 aromatic heterocycles. The number of imidazole rings is 1. The molecule has 4 heterocycles. The number of amides is 1. The minimum absolute atomic E-state index is 0.0904. The van der Waals surface area contributed by atoms with Crippen LogP contribution in [0.25, 0.3) is 22.1 Å². The molecule has 1 fully saturated rings. The summed E-state index contributed by atoms with van der Waals surface area (Å²) >= 11 is 0. The molecule has 0 bridgehead atoms. The second-order valence-electron chi connectivity index (χ2n) is 8.81. The summed E-state index contributed by atoms with van der Waals surface area (Å²) in [5, 5.41) is 5.39. The van der Waals surface area contributed by atoms with E-state index in [2.05, 4.69) is 15.1 Å². The van der Waals surface area contributed by atoms with E-state index in [-0.39, 0.29) is 17.4 Å². The largest absolute Gasteiger partial charge is 0.342 e. The molecule has 8 nitrogen and oxygen atoms in total. The minimum Gasteiger partial charge on any atom is -0.342 e. The average Bonchev–Trinajstić information content (AvgIpc) is 3.34. The van der Waals surface area contributed by atoms with Gasteiger partial charge < -0.3 is 14.9 Å². The Hall–Kier alpha value is -3.42. The first-order valence-electron chi connectivity index (χ1n) is 11.2. The maximum Gasteiger partial charge on any atom is 0.253 e. The molecule has 1 saturated heterocycles. The van der Waals surface area contributed by atoms with Crippen LogP contribution in [0.3, 0.4) is 0 Å². The second kappa shape index (κ2) is 7.93. The van der Waals surface area contributed by atoms with Crippen LogP contribution in [-0.2, 0) is 18.3 Å². The zero-order valence-corrected chi connectivity index (χ0v) is 18.7. The van der Waals surface area contributed by atoms with E-state index in [0.717, 1.165) is 58.5 Å². The number of aromatic amines is 2. The number of H-pyrrole nitrogens is 2. The van der Waals surface area contributed by atoms with Crippen LogP contribution in [0, 0.1) is 13.8 Å². The molecule has 0 aliphatic carbocycles. The van der Waals surface area contributed by atoms with Gasteiger partial charge in [-0.1, -0.05) is 12.1 Å². The smallest absolute Gasteiger partial charge is 0.253 e. The number of carbonyl (C=O) groups excluding carboxylic acids is 1. The van der Waals surface area contributed by atoms with Gasteiger partial charge in [-0.3, -0.25) is 14.3 Å². The van der Waals surface area contributed by atoms with E-state index in [4.69, 9.17) is 4.98 Å². The number of aryl methyl sites for hydroxylation is 3. The molecule has 0 saturated carbocycles. The number of carbonyl (C=O) groups is 1. The van der Waals surface area contributed by atoms with Crippen LogP contribution < -0.4 is 5.56 Å². The summed E-state index contributed by atoms with van der Waals surface area (Å²) < 4.78 is 1.69. The van der Waals surface area contributed by atoms with Crippen LogP contribution in [-0.4, -0.2) is 48.6 Å².